The van der Waals surface area contributed by atoms with Gasteiger partial charge in [0.15, 0.2) is 0 Å². The molecule has 0 aliphatic carbocycles. The summed E-state index contributed by atoms with van der Waals surface area (Å²) in [5.74, 6) is -0.583. The van der Waals surface area contributed by atoms with E-state index in [0.29, 0.717) is 6.42 Å². The van der Waals surface area contributed by atoms with Crippen LogP contribution in [0.5, 0.6) is 0 Å². The molecule has 1 aliphatic heterocycles. The van der Waals surface area contributed by atoms with Gasteiger partial charge in [-0.25, -0.2) is 0 Å². The number of carboxylic acids is 1. The summed E-state index contributed by atoms with van der Waals surface area (Å²) in [4.78, 5) is 24.3. The molecule has 1 aromatic rings. The van der Waals surface area contributed by atoms with E-state index >= 15 is 0 Å². The summed E-state index contributed by atoms with van der Waals surface area (Å²) in [5, 5.41) is 8.82. The molecule has 0 fully saturated rings. The molecule has 1 unspecified atom stereocenters. The van der Waals surface area contributed by atoms with Gasteiger partial charge in [-0.05, 0) is 48.4 Å². The highest BCUT2D eigenvalue weighted by Gasteiger charge is 2.23. The molecule has 0 saturated carbocycles. The summed E-state index contributed by atoms with van der Waals surface area (Å²) in [6.45, 7) is 4.37. The summed E-state index contributed by atoms with van der Waals surface area (Å²) in [7, 11) is 0. The van der Waals surface area contributed by atoms with Gasteiger partial charge < -0.3 is 10.0 Å². The first-order valence-electron chi connectivity index (χ1n) is 7.22. The number of amides is 1. The topological polar surface area (TPSA) is 57.6 Å². The molecule has 0 spiro atoms. The van der Waals surface area contributed by atoms with Gasteiger partial charge in [0.1, 0.15) is 0 Å². The number of halogens is 1. The van der Waals surface area contributed by atoms with Crippen LogP contribution < -0.4 is 4.90 Å². The molecule has 5 heteroatoms. The van der Waals surface area contributed by atoms with Crippen molar-refractivity contribution in [3.63, 3.8) is 0 Å². The zero-order chi connectivity index (χ0) is 15.6. The minimum absolute atomic E-state index is 0.0578. The molecular formula is C16H20BrNO3. The molecule has 1 aliphatic rings. The third kappa shape index (κ3) is 3.64. The SMILES string of the molecule is CC(=O)N1CCCc2cc(Br)c(C(C)CCC(=O)O)cc21. The second kappa shape index (κ2) is 6.60. The molecule has 2 rings (SSSR count). The molecule has 1 amide bonds. The molecule has 0 radical (unpaired) electrons. The molecular weight excluding hydrogens is 334 g/mol. The van der Waals surface area contributed by atoms with Gasteiger partial charge in [0, 0.05) is 30.0 Å². The molecule has 0 saturated heterocycles. The van der Waals surface area contributed by atoms with E-state index in [0.717, 1.165) is 35.1 Å². The maximum absolute atomic E-state index is 11.8. The number of carboxylic acid groups (broad SMARTS) is 1. The number of anilines is 1. The summed E-state index contributed by atoms with van der Waals surface area (Å²) in [6, 6.07) is 4.13. The summed E-state index contributed by atoms with van der Waals surface area (Å²) in [6.07, 6.45) is 2.70. The molecule has 114 valence electrons. The number of hydrogen-bond acceptors (Lipinski definition) is 2. The zero-order valence-electron chi connectivity index (χ0n) is 12.4. The predicted octanol–water partition coefficient (Wildman–Crippen LogP) is 3.72. The monoisotopic (exact) mass is 353 g/mol. The Labute approximate surface area is 133 Å². The van der Waals surface area contributed by atoms with Crippen LogP contribution in [0.3, 0.4) is 0 Å². The standard InChI is InChI=1S/C16H20BrNO3/c1-10(5-6-16(20)21)13-9-15-12(8-14(13)17)4-3-7-18(15)11(2)19/h8-10H,3-7H2,1-2H3,(H,20,21). The number of carbonyl (C=O) groups excluding carboxylic acids is 1. The van der Waals surface area contributed by atoms with Gasteiger partial charge in [0.25, 0.3) is 0 Å². The van der Waals surface area contributed by atoms with Crippen LogP contribution in [0.2, 0.25) is 0 Å². The van der Waals surface area contributed by atoms with Crippen molar-refractivity contribution in [2.24, 2.45) is 0 Å². The Morgan fingerprint density at radius 2 is 2.14 bits per heavy atom. The van der Waals surface area contributed by atoms with Crippen LogP contribution in [0, 0.1) is 0 Å². The van der Waals surface area contributed by atoms with Gasteiger partial charge >= 0.3 is 5.97 Å². The Morgan fingerprint density at radius 3 is 2.76 bits per heavy atom. The first-order chi connectivity index (χ1) is 9.90. The van der Waals surface area contributed by atoms with E-state index in [-0.39, 0.29) is 18.2 Å². The minimum atomic E-state index is -0.777. The van der Waals surface area contributed by atoms with Crippen molar-refractivity contribution in [2.45, 2.75) is 45.4 Å². The number of carbonyl (C=O) groups is 2. The zero-order valence-corrected chi connectivity index (χ0v) is 13.9. The second-order valence-electron chi connectivity index (χ2n) is 5.61. The van der Waals surface area contributed by atoms with Crippen LogP contribution in [0.25, 0.3) is 0 Å². The summed E-state index contributed by atoms with van der Waals surface area (Å²) in [5.41, 5.74) is 3.23. The Morgan fingerprint density at radius 1 is 1.43 bits per heavy atom. The predicted molar refractivity (Wildman–Crippen MR) is 85.8 cm³/mol. The number of nitrogens with zero attached hydrogens (tertiary/aromatic N) is 1. The Bertz CT molecular complexity index is 571. The lowest BCUT2D eigenvalue weighted by Gasteiger charge is -2.30. The summed E-state index contributed by atoms with van der Waals surface area (Å²) >= 11 is 3.59. The fraction of sp³-hybridized carbons (Fsp3) is 0.500. The van der Waals surface area contributed by atoms with Gasteiger partial charge in [-0.3, -0.25) is 9.59 Å². The quantitative estimate of drug-likeness (QED) is 0.897. The largest absolute Gasteiger partial charge is 0.481 e. The van der Waals surface area contributed by atoms with Crippen molar-refractivity contribution in [3.8, 4) is 0 Å². The highest BCUT2D eigenvalue weighted by molar-refractivity contribution is 9.10. The Kier molecular flexibility index (Phi) is 5.04. The van der Waals surface area contributed by atoms with Crippen molar-refractivity contribution in [1.29, 1.82) is 0 Å². The van der Waals surface area contributed by atoms with E-state index in [2.05, 4.69) is 22.0 Å². The highest BCUT2D eigenvalue weighted by Crippen LogP contribution is 2.37. The van der Waals surface area contributed by atoms with E-state index in [9.17, 15) is 9.59 Å². The molecule has 1 aromatic carbocycles. The third-order valence-corrected chi connectivity index (χ3v) is 4.71. The van der Waals surface area contributed by atoms with Gasteiger partial charge in [-0.15, -0.1) is 0 Å². The van der Waals surface area contributed by atoms with E-state index in [1.807, 2.05) is 17.9 Å². The van der Waals surface area contributed by atoms with Crippen LogP contribution in [0.4, 0.5) is 5.69 Å². The van der Waals surface area contributed by atoms with Crippen LogP contribution in [0.15, 0.2) is 16.6 Å². The van der Waals surface area contributed by atoms with E-state index in [1.165, 1.54) is 5.56 Å². The lowest BCUT2D eigenvalue weighted by Crippen LogP contribution is -2.33. The van der Waals surface area contributed by atoms with Crippen LogP contribution in [-0.2, 0) is 16.0 Å². The third-order valence-electron chi connectivity index (χ3n) is 4.02. The van der Waals surface area contributed by atoms with Crippen LogP contribution in [0.1, 0.15) is 50.2 Å². The number of rotatable bonds is 4. The van der Waals surface area contributed by atoms with Crippen molar-refractivity contribution in [1.82, 2.24) is 0 Å². The molecule has 4 nitrogen and oxygen atoms in total. The molecule has 0 bridgehead atoms. The molecule has 21 heavy (non-hydrogen) atoms. The number of hydrogen-bond donors (Lipinski definition) is 1. The number of benzene rings is 1. The van der Waals surface area contributed by atoms with Gasteiger partial charge in [0.2, 0.25) is 5.91 Å². The Hall–Kier alpha value is -1.36. The fourth-order valence-electron chi connectivity index (χ4n) is 2.82. The van der Waals surface area contributed by atoms with E-state index in [1.54, 1.807) is 6.92 Å². The van der Waals surface area contributed by atoms with Crippen molar-refractivity contribution in [3.05, 3.63) is 27.7 Å². The maximum atomic E-state index is 11.8. The second-order valence-corrected chi connectivity index (χ2v) is 6.46. The van der Waals surface area contributed by atoms with Gasteiger partial charge in [-0.1, -0.05) is 22.9 Å². The first kappa shape index (κ1) is 16.0. The first-order valence-corrected chi connectivity index (χ1v) is 8.01. The fourth-order valence-corrected chi connectivity index (χ4v) is 3.60. The lowest BCUT2D eigenvalue weighted by atomic mass is 9.92. The molecule has 1 heterocycles. The number of fused-ring (bicyclic) bond motifs is 1. The molecule has 1 atom stereocenters. The minimum Gasteiger partial charge on any atom is -0.481 e. The van der Waals surface area contributed by atoms with Crippen molar-refractivity contribution in [2.75, 3.05) is 11.4 Å². The van der Waals surface area contributed by atoms with Crippen molar-refractivity contribution < 1.29 is 14.7 Å². The van der Waals surface area contributed by atoms with Crippen molar-refractivity contribution >= 4 is 33.5 Å². The average molecular weight is 354 g/mol. The smallest absolute Gasteiger partial charge is 0.303 e. The van der Waals surface area contributed by atoms with E-state index in [4.69, 9.17) is 5.11 Å². The molecule has 1 N–H and O–H groups in total. The highest BCUT2D eigenvalue weighted by atomic mass is 79.9. The molecule has 0 aromatic heterocycles. The van der Waals surface area contributed by atoms with E-state index < -0.39 is 5.97 Å². The lowest BCUT2D eigenvalue weighted by molar-refractivity contribution is -0.137. The summed E-state index contributed by atoms with van der Waals surface area (Å²) < 4.78 is 1.00. The Balaban J connectivity index is 2.33. The van der Waals surface area contributed by atoms with Crippen LogP contribution >= 0.6 is 15.9 Å². The number of aliphatic carboxylic acids is 1. The average Bonchev–Trinajstić information content (AvgIpc) is 2.43. The maximum Gasteiger partial charge on any atom is 0.303 e. The van der Waals surface area contributed by atoms with Crippen LogP contribution in [-0.4, -0.2) is 23.5 Å². The van der Waals surface area contributed by atoms with Gasteiger partial charge in [-0.2, -0.15) is 0 Å². The normalized spacial score (nSPS) is 15.5. The van der Waals surface area contributed by atoms with Gasteiger partial charge in [0.05, 0.1) is 0 Å². The number of aryl methyl sites for hydroxylation is 1.